The lowest BCUT2D eigenvalue weighted by atomic mass is 10.1. The van der Waals surface area contributed by atoms with Crippen molar-refractivity contribution in [3.05, 3.63) is 47.8 Å². The number of carbonyl (C=O) groups is 1. The molecule has 4 rings (SSSR count). The number of carbonyl (C=O) groups excluding carboxylic acids is 1. The Labute approximate surface area is 136 Å². The molecule has 0 saturated heterocycles. The molecule has 1 aromatic carbocycles. The van der Waals surface area contributed by atoms with Crippen molar-refractivity contribution in [2.45, 2.75) is 18.8 Å². The molecular weight excluding hydrogens is 311 g/mol. The highest BCUT2D eigenvalue weighted by Crippen LogP contribution is 2.40. The van der Waals surface area contributed by atoms with Crippen LogP contribution in [0.15, 0.2) is 30.7 Å². The van der Waals surface area contributed by atoms with Crippen molar-refractivity contribution in [1.82, 2.24) is 25.0 Å². The molecule has 2 aromatic heterocycles. The fourth-order valence-electron chi connectivity index (χ4n) is 2.66. The van der Waals surface area contributed by atoms with Crippen LogP contribution < -0.4 is 5.32 Å². The van der Waals surface area contributed by atoms with Crippen LogP contribution in [0.5, 0.6) is 0 Å². The van der Waals surface area contributed by atoms with Gasteiger partial charge in [-0.25, -0.2) is 9.37 Å². The van der Waals surface area contributed by atoms with Crippen LogP contribution >= 0.6 is 0 Å². The Kier molecular flexibility index (Phi) is 3.37. The second-order valence-corrected chi connectivity index (χ2v) is 5.86. The number of halogens is 1. The molecule has 2 N–H and O–H groups in total. The highest BCUT2D eigenvalue weighted by molar-refractivity contribution is 6.05. The fourth-order valence-corrected chi connectivity index (χ4v) is 2.66. The van der Waals surface area contributed by atoms with Gasteiger partial charge in [0.2, 0.25) is 0 Å². The Bertz CT molecular complexity index is 897. The molecular formula is C16H15FN6O. The summed E-state index contributed by atoms with van der Waals surface area (Å²) in [6, 6.07) is 4.33. The highest BCUT2D eigenvalue weighted by atomic mass is 19.1. The average Bonchev–Trinajstić information content (AvgIpc) is 3.11. The van der Waals surface area contributed by atoms with E-state index in [2.05, 4.69) is 25.6 Å². The molecule has 0 unspecified atom stereocenters. The van der Waals surface area contributed by atoms with E-state index in [1.54, 1.807) is 17.9 Å². The monoisotopic (exact) mass is 326 g/mol. The van der Waals surface area contributed by atoms with Crippen LogP contribution in [0.4, 0.5) is 10.1 Å². The number of amides is 1. The van der Waals surface area contributed by atoms with E-state index in [1.807, 2.05) is 0 Å². The fraction of sp³-hybridized carbons (Fsp3) is 0.250. The summed E-state index contributed by atoms with van der Waals surface area (Å²) in [6.45, 7) is 0. The van der Waals surface area contributed by atoms with Gasteiger partial charge in [-0.3, -0.25) is 14.6 Å². The maximum absolute atomic E-state index is 14.0. The Hall–Kier alpha value is -3.03. The third-order valence-corrected chi connectivity index (χ3v) is 3.96. The minimum atomic E-state index is -0.440. The van der Waals surface area contributed by atoms with Gasteiger partial charge in [0.1, 0.15) is 12.1 Å². The number of hydrogen-bond acceptors (Lipinski definition) is 4. The Morgan fingerprint density at radius 1 is 1.42 bits per heavy atom. The molecule has 0 spiro atoms. The van der Waals surface area contributed by atoms with Gasteiger partial charge >= 0.3 is 0 Å². The molecule has 0 radical (unpaired) electrons. The predicted octanol–water partition coefficient (Wildman–Crippen LogP) is 2.47. The maximum Gasteiger partial charge on any atom is 0.259 e. The van der Waals surface area contributed by atoms with Crippen molar-refractivity contribution in [2.24, 2.45) is 7.05 Å². The first kappa shape index (κ1) is 14.6. The number of rotatable bonds is 4. The molecule has 3 aromatic rings. The van der Waals surface area contributed by atoms with Crippen LogP contribution in [0.2, 0.25) is 0 Å². The predicted molar refractivity (Wildman–Crippen MR) is 84.9 cm³/mol. The molecule has 122 valence electrons. The minimum Gasteiger partial charge on any atom is -0.322 e. The van der Waals surface area contributed by atoms with Gasteiger partial charge in [0.05, 0.1) is 16.8 Å². The van der Waals surface area contributed by atoms with E-state index < -0.39 is 5.82 Å². The first-order valence-electron chi connectivity index (χ1n) is 7.62. The molecule has 0 atom stereocenters. The van der Waals surface area contributed by atoms with Crippen LogP contribution in [-0.2, 0) is 7.05 Å². The zero-order valence-electron chi connectivity index (χ0n) is 13.0. The summed E-state index contributed by atoms with van der Waals surface area (Å²) in [4.78, 5) is 16.5. The van der Waals surface area contributed by atoms with E-state index >= 15 is 0 Å². The number of anilines is 1. The van der Waals surface area contributed by atoms with Gasteiger partial charge in [0.25, 0.3) is 5.91 Å². The largest absolute Gasteiger partial charge is 0.322 e. The lowest BCUT2D eigenvalue weighted by molar-refractivity contribution is 0.102. The molecule has 7 nitrogen and oxygen atoms in total. The molecule has 1 saturated carbocycles. The molecule has 1 fully saturated rings. The number of aryl methyl sites for hydroxylation is 1. The average molecular weight is 326 g/mol. The third kappa shape index (κ3) is 2.66. The van der Waals surface area contributed by atoms with Gasteiger partial charge in [0.15, 0.2) is 5.82 Å². The summed E-state index contributed by atoms with van der Waals surface area (Å²) in [7, 11) is 1.79. The van der Waals surface area contributed by atoms with Crippen molar-refractivity contribution >= 4 is 11.6 Å². The third-order valence-electron chi connectivity index (χ3n) is 3.96. The van der Waals surface area contributed by atoms with Crippen LogP contribution in [0.1, 0.15) is 34.8 Å². The van der Waals surface area contributed by atoms with Crippen molar-refractivity contribution < 1.29 is 9.18 Å². The quantitative estimate of drug-likeness (QED) is 0.771. The van der Waals surface area contributed by atoms with Crippen LogP contribution in [0.25, 0.3) is 11.4 Å². The molecule has 0 aliphatic heterocycles. The molecule has 1 aliphatic rings. The lowest BCUT2D eigenvalue weighted by Crippen LogP contribution is -2.13. The highest BCUT2D eigenvalue weighted by Gasteiger charge is 2.31. The number of H-pyrrole nitrogens is 1. The van der Waals surface area contributed by atoms with Crippen LogP contribution in [-0.4, -0.2) is 30.9 Å². The first-order valence-corrected chi connectivity index (χ1v) is 7.62. The van der Waals surface area contributed by atoms with Gasteiger partial charge in [-0.2, -0.15) is 10.2 Å². The topological polar surface area (TPSA) is 88.5 Å². The minimum absolute atomic E-state index is 0.249. The van der Waals surface area contributed by atoms with E-state index in [0.717, 1.165) is 18.5 Å². The SMILES string of the molecule is Cn1cc(C(=O)Nc2ccc(F)c(-c3ncn[nH]3)c2)c(C2CC2)n1. The molecule has 0 bridgehead atoms. The summed E-state index contributed by atoms with van der Waals surface area (Å²) >= 11 is 0. The van der Waals surface area contributed by atoms with E-state index in [0.29, 0.717) is 23.0 Å². The normalized spacial score (nSPS) is 13.9. The van der Waals surface area contributed by atoms with Crippen molar-refractivity contribution in [3.8, 4) is 11.4 Å². The van der Waals surface area contributed by atoms with Crippen LogP contribution in [0.3, 0.4) is 0 Å². The number of hydrogen-bond donors (Lipinski definition) is 2. The van der Waals surface area contributed by atoms with Crippen molar-refractivity contribution in [2.75, 3.05) is 5.32 Å². The summed E-state index contributed by atoms with van der Waals surface area (Å²) in [5, 5.41) is 13.5. The second kappa shape index (κ2) is 5.55. The maximum atomic E-state index is 14.0. The Morgan fingerprint density at radius 3 is 2.96 bits per heavy atom. The molecule has 1 amide bonds. The van der Waals surface area contributed by atoms with Crippen molar-refractivity contribution in [3.63, 3.8) is 0 Å². The van der Waals surface area contributed by atoms with Crippen molar-refractivity contribution in [1.29, 1.82) is 0 Å². The number of nitrogens with one attached hydrogen (secondary N) is 2. The number of aromatic nitrogens is 5. The standard InChI is InChI=1S/C16H15FN6O/c1-23-7-12(14(22-23)9-2-3-9)16(24)20-10-4-5-13(17)11(6-10)15-18-8-19-21-15/h4-9H,2-3H2,1H3,(H,20,24)(H,18,19,21). The summed E-state index contributed by atoms with van der Waals surface area (Å²) < 4.78 is 15.6. The zero-order valence-corrected chi connectivity index (χ0v) is 13.0. The molecule has 8 heteroatoms. The zero-order chi connectivity index (χ0) is 16.7. The van der Waals surface area contributed by atoms with E-state index in [4.69, 9.17) is 0 Å². The summed E-state index contributed by atoms with van der Waals surface area (Å²) in [5.74, 6) is -0.0153. The van der Waals surface area contributed by atoms with Gasteiger partial charge in [-0.1, -0.05) is 0 Å². The Morgan fingerprint density at radius 2 is 2.25 bits per heavy atom. The summed E-state index contributed by atoms with van der Waals surface area (Å²) in [5.41, 5.74) is 2.12. The Balaban J connectivity index is 1.62. The van der Waals surface area contributed by atoms with Gasteiger partial charge in [0, 0.05) is 24.8 Å². The molecule has 2 heterocycles. The number of benzene rings is 1. The smallest absolute Gasteiger partial charge is 0.259 e. The van der Waals surface area contributed by atoms with E-state index in [9.17, 15) is 9.18 Å². The first-order chi connectivity index (χ1) is 11.6. The van der Waals surface area contributed by atoms with Crippen LogP contribution in [0, 0.1) is 5.82 Å². The number of nitrogens with zero attached hydrogens (tertiary/aromatic N) is 4. The molecule has 24 heavy (non-hydrogen) atoms. The van der Waals surface area contributed by atoms with Gasteiger partial charge < -0.3 is 5.32 Å². The van der Waals surface area contributed by atoms with E-state index in [1.165, 1.54) is 24.5 Å². The summed E-state index contributed by atoms with van der Waals surface area (Å²) in [6.07, 6.45) is 5.13. The van der Waals surface area contributed by atoms with Gasteiger partial charge in [-0.05, 0) is 31.0 Å². The second-order valence-electron chi connectivity index (χ2n) is 5.86. The number of aromatic amines is 1. The molecule has 1 aliphatic carbocycles. The van der Waals surface area contributed by atoms with E-state index in [-0.39, 0.29) is 11.5 Å². The van der Waals surface area contributed by atoms with Gasteiger partial charge in [-0.15, -0.1) is 0 Å². The lowest BCUT2D eigenvalue weighted by Gasteiger charge is -2.07.